The maximum atomic E-state index is 6.04. The molecule has 4 aromatic carbocycles. The van der Waals surface area contributed by atoms with Gasteiger partial charge in [0.25, 0.3) is 0 Å². The van der Waals surface area contributed by atoms with E-state index < -0.39 is 0 Å². The van der Waals surface area contributed by atoms with Gasteiger partial charge in [-0.1, -0.05) is 78.3 Å². The Labute approximate surface area is 178 Å². The summed E-state index contributed by atoms with van der Waals surface area (Å²) in [5.41, 5.74) is 9.78. The average Bonchev–Trinajstić information content (AvgIpc) is 3.20. The van der Waals surface area contributed by atoms with Crippen molar-refractivity contribution in [3.63, 3.8) is 0 Å². The van der Waals surface area contributed by atoms with E-state index in [1.807, 2.05) is 12.1 Å². The summed E-state index contributed by atoms with van der Waals surface area (Å²) in [5, 5.41) is 2.33. The van der Waals surface area contributed by atoms with Gasteiger partial charge in [0.2, 0.25) is 0 Å². The summed E-state index contributed by atoms with van der Waals surface area (Å²) in [6, 6.07) is 28.1. The van der Waals surface area contributed by atoms with E-state index in [1.54, 1.807) is 0 Å². The van der Waals surface area contributed by atoms with Crippen LogP contribution in [0, 0.1) is 0 Å². The quantitative estimate of drug-likeness (QED) is 0.256. The Kier molecular flexibility index (Phi) is 3.43. The van der Waals surface area contributed by atoms with Crippen molar-refractivity contribution in [3.05, 3.63) is 94.5 Å². The molecule has 1 nitrogen and oxygen atoms in total. The predicted octanol–water partition coefficient (Wildman–Crippen LogP) is 8.32. The minimum atomic E-state index is -0.0462. The maximum absolute atomic E-state index is 6.04. The highest BCUT2D eigenvalue weighted by molar-refractivity contribution is 9.10. The summed E-state index contributed by atoms with van der Waals surface area (Å²) in [6.45, 7) is 4.67. The van der Waals surface area contributed by atoms with Gasteiger partial charge < -0.3 is 4.42 Å². The molecule has 1 aromatic heterocycles. The number of benzene rings is 4. The van der Waals surface area contributed by atoms with E-state index in [1.165, 1.54) is 44.2 Å². The zero-order valence-corrected chi connectivity index (χ0v) is 17.9. The second-order valence-electron chi connectivity index (χ2n) is 8.36. The molecule has 0 unspecified atom stereocenters. The van der Waals surface area contributed by atoms with Gasteiger partial charge in [0.05, 0.1) is 0 Å². The van der Waals surface area contributed by atoms with Crippen LogP contribution in [0.5, 0.6) is 0 Å². The molecule has 0 spiro atoms. The molecule has 0 bridgehead atoms. The first-order valence-electron chi connectivity index (χ1n) is 9.89. The third kappa shape index (κ3) is 2.33. The van der Waals surface area contributed by atoms with E-state index in [4.69, 9.17) is 4.42 Å². The van der Waals surface area contributed by atoms with Crippen LogP contribution in [-0.2, 0) is 5.41 Å². The first-order chi connectivity index (χ1) is 14.0. The topological polar surface area (TPSA) is 13.1 Å². The molecule has 0 saturated carbocycles. The van der Waals surface area contributed by atoms with Gasteiger partial charge in [0.15, 0.2) is 0 Å². The van der Waals surface area contributed by atoms with Gasteiger partial charge in [-0.2, -0.15) is 0 Å². The van der Waals surface area contributed by atoms with Crippen molar-refractivity contribution in [2.75, 3.05) is 0 Å². The van der Waals surface area contributed by atoms with Gasteiger partial charge in [-0.25, -0.2) is 0 Å². The Morgan fingerprint density at radius 3 is 2.31 bits per heavy atom. The van der Waals surface area contributed by atoms with Gasteiger partial charge in [0.1, 0.15) is 11.2 Å². The van der Waals surface area contributed by atoms with Gasteiger partial charge in [-0.15, -0.1) is 0 Å². The molecule has 0 fully saturated rings. The molecule has 2 heteroatoms. The molecule has 0 atom stereocenters. The summed E-state index contributed by atoms with van der Waals surface area (Å²) in [6.07, 6.45) is 0. The molecule has 1 aliphatic rings. The monoisotopic (exact) mass is 438 g/mol. The smallest absolute Gasteiger partial charge is 0.135 e. The van der Waals surface area contributed by atoms with Gasteiger partial charge in [0, 0.05) is 20.7 Å². The van der Waals surface area contributed by atoms with E-state index in [2.05, 4.69) is 96.5 Å². The molecule has 0 saturated heterocycles. The van der Waals surface area contributed by atoms with Gasteiger partial charge in [-0.3, -0.25) is 0 Å². The number of rotatable bonds is 1. The minimum Gasteiger partial charge on any atom is -0.456 e. The second kappa shape index (κ2) is 5.84. The standard InChI is InChI=1S/C27H19BrO/c1-27(2)23-9-5-3-7-18(23)22-15-17(28)14-20(26(22)27)16-11-12-25-21(13-16)19-8-4-6-10-24(19)29-25/h3-15H,1-2H3. The molecule has 1 heterocycles. The van der Waals surface area contributed by atoms with Gasteiger partial charge >= 0.3 is 0 Å². The Morgan fingerprint density at radius 2 is 1.41 bits per heavy atom. The summed E-state index contributed by atoms with van der Waals surface area (Å²) < 4.78 is 7.15. The summed E-state index contributed by atoms with van der Waals surface area (Å²) >= 11 is 3.77. The predicted molar refractivity (Wildman–Crippen MR) is 124 cm³/mol. The van der Waals surface area contributed by atoms with Crippen LogP contribution in [0.25, 0.3) is 44.2 Å². The van der Waals surface area contributed by atoms with Crippen molar-refractivity contribution in [2.45, 2.75) is 19.3 Å². The summed E-state index contributed by atoms with van der Waals surface area (Å²) in [7, 11) is 0. The zero-order chi connectivity index (χ0) is 19.8. The number of halogens is 1. The molecule has 140 valence electrons. The van der Waals surface area contributed by atoms with E-state index in [-0.39, 0.29) is 5.41 Å². The average molecular weight is 439 g/mol. The van der Waals surface area contributed by atoms with Gasteiger partial charge in [-0.05, 0) is 63.7 Å². The van der Waals surface area contributed by atoms with Crippen LogP contribution in [0.3, 0.4) is 0 Å². The lowest BCUT2D eigenvalue weighted by molar-refractivity contribution is 0.662. The second-order valence-corrected chi connectivity index (χ2v) is 9.27. The first kappa shape index (κ1) is 17.1. The number of hydrogen-bond donors (Lipinski definition) is 0. The first-order valence-corrected chi connectivity index (χ1v) is 10.7. The van der Waals surface area contributed by atoms with E-state index in [0.29, 0.717) is 0 Å². The van der Waals surface area contributed by atoms with Crippen LogP contribution in [0.1, 0.15) is 25.0 Å². The molecule has 0 aliphatic heterocycles. The molecule has 1 aliphatic carbocycles. The van der Waals surface area contributed by atoms with Crippen LogP contribution in [0.15, 0.2) is 87.8 Å². The number of furan rings is 1. The van der Waals surface area contributed by atoms with E-state index in [0.717, 1.165) is 15.6 Å². The van der Waals surface area contributed by atoms with E-state index >= 15 is 0 Å². The SMILES string of the molecule is CC1(C)c2ccccc2-c2cc(Br)cc(-c3ccc4oc5ccccc5c4c3)c21. The van der Waals surface area contributed by atoms with Crippen LogP contribution in [0.4, 0.5) is 0 Å². The fraction of sp³-hybridized carbons (Fsp3) is 0.111. The Hall–Kier alpha value is -2.84. The summed E-state index contributed by atoms with van der Waals surface area (Å²) in [4.78, 5) is 0. The lowest BCUT2D eigenvalue weighted by Crippen LogP contribution is -2.16. The zero-order valence-electron chi connectivity index (χ0n) is 16.3. The van der Waals surface area contributed by atoms with Crippen molar-refractivity contribution in [1.29, 1.82) is 0 Å². The molecule has 29 heavy (non-hydrogen) atoms. The molecule has 0 amide bonds. The largest absolute Gasteiger partial charge is 0.456 e. The highest BCUT2D eigenvalue weighted by atomic mass is 79.9. The normalized spacial score (nSPS) is 14.3. The maximum Gasteiger partial charge on any atom is 0.135 e. The fourth-order valence-corrected chi connectivity index (χ4v) is 5.47. The molecule has 0 N–H and O–H groups in total. The number of para-hydroxylation sites is 1. The highest BCUT2D eigenvalue weighted by Crippen LogP contribution is 2.53. The van der Waals surface area contributed by atoms with E-state index in [9.17, 15) is 0 Å². The molecular formula is C27H19BrO. The van der Waals surface area contributed by atoms with Crippen LogP contribution >= 0.6 is 15.9 Å². The number of fused-ring (bicyclic) bond motifs is 6. The van der Waals surface area contributed by atoms with Crippen molar-refractivity contribution >= 4 is 37.9 Å². The van der Waals surface area contributed by atoms with Crippen LogP contribution < -0.4 is 0 Å². The molecule has 6 rings (SSSR count). The Bertz CT molecular complexity index is 1440. The lowest BCUT2D eigenvalue weighted by Gasteiger charge is -2.24. The minimum absolute atomic E-state index is 0.0462. The van der Waals surface area contributed by atoms with Crippen molar-refractivity contribution < 1.29 is 4.42 Å². The third-order valence-corrected chi connectivity index (χ3v) is 6.76. The Balaban J connectivity index is 1.67. The van der Waals surface area contributed by atoms with Crippen molar-refractivity contribution in [1.82, 2.24) is 0 Å². The van der Waals surface area contributed by atoms with Crippen molar-refractivity contribution in [2.24, 2.45) is 0 Å². The lowest BCUT2D eigenvalue weighted by atomic mass is 9.79. The molecular weight excluding hydrogens is 420 g/mol. The fourth-order valence-electron chi connectivity index (χ4n) is 5.01. The van der Waals surface area contributed by atoms with Crippen LogP contribution in [-0.4, -0.2) is 0 Å². The Morgan fingerprint density at radius 1 is 0.690 bits per heavy atom. The van der Waals surface area contributed by atoms with Crippen LogP contribution in [0.2, 0.25) is 0 Å². The summed E-state index contributed by atoms with van der Waals surface area (Å²) in [5.74, 6) is 0. The third-order valence-electron chi connectivity index (χ3n) is 6.31. The molecule has 0 radical (unpaired) electrons. The molecule has 5 aromatic rings. The highest BCUT2D eigenvalue weighted by Gasteiger charge is 2.37. The number of hydrogen-bond acceptors (Lipinski definition) is 1. The van der Waals surface area contributed by atoms with Crippen molar-refractivity contribution in [3.8, 4) is 22.3 Å².